The maximum absolute atomic E-state index is 9.49. The summed E-state index contributed by atoms with van der Waals surface area (Å²) in [7, 11) is 0. The largest absolute Gasteiger partial charge is 0.396 e. The fourth-order valence-corrected chi connectivity index (χ4v) is 2.70. The summed E-state index contributed by atoms with van der Waals surface area (Å²) in [5.74, 6) is 1.68. The van der Waals surface area contributed by atoms with Crippen LogP contribution in [0.2, 0.25) is 0 Å². The van der Waals surface area contributed by atoms with E-state index in [0.717, 1.165) is 13.0 Å². The fourth-order valence-electron chi connectivity index (χ4n) is 2.70. The molecular weight excluding hydrogens is 212 g/mol. The third kappa shape index (κ3) is 4.59. The molecule has 0 heterocycles. The van der Waals surface area contributed by atoms with Gasteiger partial charge in [-0.3, -0.25) is 0 Å². The van der Waals surface area contributed by atoms with Gasteiger partial charge in [0.05, 0.1) is 12.2 Å². The van der Waals surface area contributed by atoms with Crippen molar-refractivity contribution in [2.75, 3.05) is 13.2 Å². The molecule has 102 valence electrons. The van der Waals surface area contributed by atoms with Crippen LogP contribution in [0.3, 0.4) is 0 Å². The molecule has 0 spiro atoms. The minimum atomic E-state index is -0.0696. The molecule has 1 saturated carbocycles. The number of rotatable bonds is 3. The molecule has 0 saturated heterocycles. The van der Waals surface area contributed by atoms with Gasteiger partial charge >= 0.3 is 0 Å². The van der Waals surface area contributed by atoms with Crippen LogP contribution in [-0.4, -0.2) is 23.9 Å². The maximum atomic E-state index is 9.49. The summed E-state index contributed by atoms with van der Waals surface area (Å²) < 4.78 is 5.90. The van der Waals surface area contributed by atoms with Crippen LogP contribution < -0.4 is 0 Å². The summed E-state index contributed by atoms with van der Waals surface area (Å²) in [5, 5.41) is 9.49. The Bertz CT molecular complexity index is 234. The first-order chi connectivity index (χ1) is 7.63. The van der Waals surface area contributed by atoms with Crippen molar-refractivity contribution in [3.05, 3.63) is 0 Å². The van der Waals surface area contributed by atoms with Gasteiger partial charge in [0.1, 0.15) is 0 Å². The molecule has 1 aliphatic rings. The normalized spacial score (nSPS) is 30.9. The molecule has 0 aromatic carbocycles. The molecule has 0 bridgehead atoms. The molecule has 0 aliphatic heterocycles. The minimum absolute atomic E-state index is 0.0696. The third-order valence-corrected chi connectivity index (χ3v) is 4.03. The SMILES string of the molecule is CC(C)(C)OC[C@H]1C[C@H](C(C)(C)C)C[C@@H]1CO. The van der Waals surface area contributed by atoms with Crippen molar-refractivity contribution in [3.8, 4) is 0 Å². The van der Waals surface area contributed by atoms with Crippen LogP contribution in [0.5, 0.6) is 0 Å². The Morgan fingerprint density at radius 3 is 1.94 bits per heavy atom. The van der Waals surface area contributed by atoms with E-state index in [1.54, 1.807) is 0 Å². The van der Waals surface area contributed by atoms with Gasteiger partial charge < -0.3 is 9.84 Å². The molecule has 0 radical (unpaired) electrons. The van der Waals surface area contributed by atoms with E-state index in [1.165, 1.54) is 6.42 Å². The second kappa shape index (κ2) is 5.27. The Balaban J connectivity index is 2.54. The fraction of sp³-hybridized carbons (Fsp3) is 1.00. The molecule has 2 nitrogen and oxygen atoms in total. The quantitative estimate of drug-likeness (QED) is 0.821. The zero-order chi connectivity index (χ0) is 13.3. The third-order valence-electron chi connectivity index (χ3n) is 4.03. The van der Waals surface area contributed by atoms with Gasteiger partial charge in [-0.2, -0.15) is 0 Å². The lowest BCUT2D eigenvalue weighted by molar-refractivity contribution is -0.0326. The summed E-state index contributed by atoms with van der Waals surface area (Å²) in [6.07, 6.45) is 2.35. The Morgan fingerprint density at radius 2 is 1.53 bits per heavy atom. The molecule has 2 heteroatoms. The summed E-state index contributed by atoms with van der Waals surface area (Å²) >= 11 is 0. The average Bonchev–Trinajstić information content (AvgIpc) is 2.55. The molecule has 17 heavy (non-hydrogen) atoms. The highest BCUT2D eigenvalue weighted by atomic mass is 16.5. The average molecular weight is 242 g/mol. The lowest BCUT2D eigenvalue weighted by atomic mass is 9.79. The molecule has 0 aromatic heterocycles. The van der Waals surface area contributed by atoms with E-state index >= 15 is 0 Å². The van der Waals surface area contributed by atoms with Crippen molar-refractivity contribution in [1.29, 1.82) is 0 Å². The topological polar surface area (TPSA) is 29.5 Å². The zero-order valence-corrected chi connectivity index (χ0v) is 12.4. The molecule has 1 aliphatic carbocycles. The van der Waals surface area contributed by atoms with Crippen LogP contribution >= 0.6 is 0 Å². The van der Waals surface area contributed by atoms with E-state index in [1.807, 2.05) is 0 Å². The number of aliphatic hydroxyl groups excluding tert-OH is 1. The molecule has 0 unspecified atom stereocenters. The number of hydrogen-bond donors (Lipinski definition) is 1. The summed E-state index contributed by atoms with van der Waals surface area (Å²) in [5.41, 5.74) is 0.281. The van der Waals surface area contributed by atoms with Crippen molar-refractivity contribution in [2.45, 2.75) is 60.0 Å². The first-order valence-electron chi connectivity index (χ1n) is 6.88. The van der Waals surface area contributed by atoms with Gasteiger partial charge in [-0.15, -0.1) is 0 Å². The van der Waals surface area contributed by atoms with Crippen LogP contribution in [0.15, 0.2) is 0 Å². The molecule has 1 fully saturated rings. The minimum Gasteiger partial charge on any atom is -0.396 e. The summed E-state index contributed by atoms with van der Waals surface area (Å²) in [6, 6.07) is 0. The highest BCUT2D eigenvalue weighted by Gasteiger charge is 2.39. The molecule has 0 aromatic rings. The Hall–Kier alpha value is -0.0800. The van der Waals surface area contributed by atoms with Crippen LogP contribution in [0.1, 0.15) is 54.4 Å². The zero-order valence-electron chi connectivity index (χ0n) is 12.4. The monoisotopic (exact) mass is 242 g/mol. The number of ether oxygens (including phenoxy) is 1. The standard InChI is InChI=1S/C15H30O2/c1-14(2,3)13-7-11(9-16)12(8-13)10-17-15(4,5)6/h11-13,16H,7-10H2,1-6H3/t11-,12-,13-/m1/s1. The van der Waals surface area contributed by atoms with Gasteiger partial charge in [0, 0.05) is 6.61 Å². The first kappa shape index (κ1) is 15.0. The van der Waals surface area contributed by atoms with Crippen molar-refractivity contribution in [1.82, 2.24) is 0 Å². The van der Waals surface area contributed by atoms with Crippen molar-refractivity contribution >= 4 is 0 Å². The number of hydrogen-bond acceptors (Lipinski definition) is 2. The van der Waals surface area contributed by atoms with Crippen molar-refractivity contribution < 1.29 is 9.84 Å². The van der Waals surface area contributed by atoms with Crippen LogP contribution in [0.4, 0.5) is 0 Å². The van der Waals surface area contributed by atoms with Gasteiger partial charge in [0.15, 0.2) is 0 Å². The predicted octanol–water partition coefficient (Wildman–Crippen LogP) is 3.48. The van der Waals surface area contributed by atoms with Crippen molar-refractivity contribution in [3.63, 3.8) is 0 Å². The molecule has 1 N–H and O–H groups in total. The predicted molar refractivity (Wildman–Crippen MR) is 71.9 cm³/mol. The molecular formula is C15H30O2. The lowest BCUT2D eigenvalue weighted by Gasteiger charge is -2.27. The second-order valence-corrected chi connectivity index (χ2v) is 7.66. The Kier molecular flexibility index (Phi) is 4.65. The van der Waals surface area contributed by atoms with Gasteiger partial charge in [-0.25, -0.2) is 0 Å². The molecule has 3 atom stereocenters. The highest BCUT2D eigenvalue weighted by Crippen LogP contribution is 2.45. The maximum Gasteiger partial charge on any atom is 0.0598 e. The summed E-state index contributed by atoms with van der Waals surface area (Å²) in [4.78, 5) is 0. The van der Waals surface area contributed by atoms with Crippen LogP contribution in [0.25, 0.3) is 0 Å². The summed E-state index contributed by atoms with van der Waals surface area (Å²) in [6.45, 7) is 14.3. The number of aliphatic hydroxyl groups is 1. The lowest BCUT2D eigenvalue weighted by Crippen LogP contribution is -2.26. The molecule has 0 amide bonds. The Labute approximate surface area is 107 Å². The van der Waals surface area contributed by atoms with Gasteiger partial charge in [0.2, 0.25) is 0 Å². The van der Waals surface area contributed by atoms with E-state index < -0.39 is 0 Å². The van der Waals surface area contributed by atoms with Crippen molar-refractivity contribution in [2.24, 2.45) is 23.2 Å². The second-order valence-electron chi connectivity index (χ2n) is 7.66. The van der Waals surface area contributed by atoms with Gasteiger partial charge in [0.25, 0.3) is 0 Å². The van der Waals surface area contributed by atoms with E-state index in [9.17, 15) is 5.11 Å². The van der Waals surface area contributed by atoms with E-state index in [0.29, 0.717) is 29.8 Å². The van der Waals surface area contributed by atoms with E-state index in [-0.39, 0.29) is 5.60 Å². The van der Waals surface area contributed by atoms with Crippen LogP contribution in [0, 0.1) is 23.2 Å². The smallest absolute Gasteiger partial charge is 0.0598 e. The first-order valence-corrected chi connectivity index (χ1v) is 6.88. The van der Waals surface area contributed by atoms with E-state index in [4.69, 9.17) is 4.74 Å². The van der Waals surface area contributed by atoms with Crippen LogP contribution in [-0.2, 0) is 4.74 Å². The van der Waals surface area contributed by atoms with Gasteiger partial charge in [-0.05, 0) is 56.8 Å². The Morgan fingerprint density at radius 1 is 1.00 bits per heavy atom. The van der Waals surface area contributed by atoms with E-state index in [2.05, 4.69) is 41.5 Å². The molecule has 1 rings (SSSR count). The highest BCUT2D eigenvalue weighted by molar-refractivity contribution is 4.89. The van der Waals surface area contributed by atoms with Gasteiger partial charge in [-0.1, -0.05) is 20.8 Å².